The summed E-state index contributed by atoms with van der Waals surface area (Å²) in [6.07, 6.45) is 0. The van der Waals surface area contributed by atoms with E-state index in [1.54, 1.807) is 13.2 Å². The van der Waals surface area contributed by atoms with Crippen LogP contribution in [0.15, 0.2) is 53.4 Å². The van der Waals surface area contributed by atoms with Crippen molar-refractivity contribution in [2.45, 2.75) is 4.90 Å². The third-order valence-electron chi connectivity index (χ3n) is 2.91. The number of hydrogen-bond donors (Lipinski definition) is 1. The van der Waals surface area contributed by atoms with Crippen LogP contribution in [0.5, 0.6) is 5.75 Å². The Labute approximate surface area is 124 Å². The maximum atomic E-state index is 11.5. The number of benzene rings is 2. The van der Waals surface area contributed by atoms with Crippen LogP contribution in [0.25, 0.3) is 11.1 Å². The highest BCUT2D eigenvalue weighted by Crippen LogP contribution is 2.32. The van der Waals surface area contributed by atoms with E-state index in [1.807, 2.05) is 30.3 Å². The highest BCUT2D eigenvalue weighted by atomic mass is 32.2. The Morgan fingerprint density at radius 3 is 2.38 bits per heavy atom. The molecule has 0 unspecified atom stereocenters. The SMILES string of the molecule is COCCOc1ccc(S(N)(=O)=O)cc1-c1ccccc1. The Kier molecular flexibility index (Phi) is 4.95. The van der Waals surface area contributed by atoms with Crippen molar-refractivity contribution in [3.05, 3.63) is 48.5 Å². The topological polar surface area (TPSA) is 78.6 Å². The molecule has 0 aliphatic heterocycles. The lowest BCUT2D eigenvalue weighted by Gasteiger charge is -2.13. The summed E-state index contributed by atoms with van der Waals surface area (Å²) in [4.78, 5) is 0.0560. The molecule has 0 heterocycles. The third kappa shape index (κ3) is 4.04. The number of hydrogen-bond acceptors (Lipinski definition) is 4. The third-order valence-corrected chi connectivity index (χ3v) is 3.82. The van der Waals surface area contributed by atoms with Crippen LogP contribution in [0.2, 0.25) is 0 Å². The summed E-state index contributed by atoms with van der Waals surface area (Å²) in [6.45, 7) is 0.830. The predicted octanol–water partition coefficient (Wildman–Crippen LogP) is 2.03. The van der Waals surface area contributed by atoms with Gasteiger partial charge in [0.05, 0.1) is 11.5 Å². The maximum absolute atomic E-state index is 11.5. The molecule has 112 valence electrons. The Hall–Kier alpha value is -1.89. The summed E-state index contributed by atoms with van der Waals surface area (Å²) in [5.74, 6) is 0.589. The first-order chi connectivity index (χ1) is 10.0. The second kappa shape index (κ2) is 6.71. The standard InChI is InChI=1S/C15H17NO4S/c1-19-9-10-20-15-8-7-13(21(16,17)18)11-14(15)12-5-3-2-4-6-12/h2-8,11H,9-10H2,1H3,(H2,16,17,18). The van der Waals surface area contributed by atoms with Crippen LogP contribution in [0.1, 0.15) is 0 Å². The molecule has 0 radical (unpaired) electrons. The number of nitrogens with two attached hydrogens (primary N) is 1. The van der Waals surface area contributed by atoms with E-state index in [2.05, 4.69) is 0 Å². The smallest absolute Gasteiger partial charge is 0.238 e. The van der Waals surface area contributed by atoms with Crippen molar-refractivity contribution < 1.29 is 17.9 Å². The van der Waals surface area contributed by atoms with E-state index in [9.17, 15) is 8.42 Å². The van der Waals surface area contributed by atoms with Crippen molar-refractivity contribution in [2.75, 3.05) is 20.3 Å². The van der Waals surface area contributed by atoms with Crippen molar-refractivity contribution in [1.82, 2.24) is 0 Å². The van der Waals surface area contributed by atoms with E-state index >= 15 is 0 Å². The molecule has 0 spiro atoms. The summed E-state index contributed by atoms with van der Waals surface area (Å²) >= 11 is 0. The van der Waals surface area contributed by atoms with E-state index in [0.29, 0.717) is 24.5 Å². The van der Waals surface area contributed by atoms with E-state index in [0.717, 1.165) is 5.56 Å². The van der Waals surface area contributed by atoms with Crippen LogP contribution in [0.4, 0.5) is 0 Å². The van der Waals surface area contributed by atoms with Gasteiger partial charge in [-0.25, -0.2) is 13.6 Å². The summed E-state index contributed by atoms with van der Waals surface area (Å²) < 4.78 is 33.6. The molecule has 0 saturated heterocycles. The van der Waals surface area contributed by atoms with Gasteiger partial charge in [0.25, 0.3) is 0 Å². The molecule has 2 rings (SSSR count). The first-order valence-electron chi connectivity index (χ1n) is 6.36. The van der Waals surface area contributed by atoms with Crippen molar-refractivity contribution in [3.63, 3.8) is 0 Å². The zero-order valence-electron chi connectivity index (χ0n) is 11.7. The van der Waals surface area contributed by atoms with Gasteiger partial charge in [0.1, 0.15) is 12.4 Å². The van der Waals surface area contributed by atoms with Gasteiger partial charge in [-0.1, -0.05) is 30.3 Å². The van der Waals surface area contributed by atoms with Gasteiger partial charge in [0, 0.05) is 12.7 Å². The molecule has 21 heavy (non-hydrogen) atoms. The second-order valence-corrected chi connectivity index (χ2v) is 5.97. The van der Waals surface area contributed by atoms with Crippen LogP contribution < -0.4 is 9.88 Å². The molecule has 5 nitrogen and oxygen atoms in total. The Bertz CT molecular complexity index is 699. The lowest BCUT2D eigenvalue weighted by atomic mass is 10.0. The quantitative estimate of drug-likeness (QED) is 0.828. The molecule has 2 aromatic rings. The van der Waals surface area contributed by atoms with Gasteiger partial charge in [-0.2, -0.15) is 0 Å². The maximum Gasteiger partial charge on any atom is 0.238 e. The molecular weight excluding hydrogens is 290 g/mol. The average molecular weight is 307 g/mol. The van der Waals surface area contributed by atoms with Gasteiger partial charge in [0.15, 0.2) is 0 Å². The lowest BCUT2D eigenvalue weighted by molar-refractivity contribution is 0.146. The minimum atomic E-state index is -3.76. The summed E-state index contributed by atoms with van der Waals surface area (Å²) in [6, 6.07) is 14.0. The number of ether oxygens (including phenoxy) is 2. The average Bonchev–Trinajstić information content (AvgIpc) is 2.47. The lowest BCUT2D eigenvalue weighted by Crippen LogP contribution is -2.12. The van der Waals surface area contributed by atoms with Gasteiger partial charge in [-0.15, -0.1) is 0 Å². The molecule has 0 amide bonds. The molecule has 6 heteroatoms. The number of sulfonamides is 1. The fourth-order valence-electron chi connectivity index (χ4n) is 1.89. The largest absolute Gasteiger partial charge is 0.491 e. The zero-order chi connectivity index (χ0) is 15.3. The first-order valence-corrected chi connectivity index (χ1v) is 7.91. The molecule has 0 aliphatic carbocycles. The second-order valence-electron chi connectivity index (χ2n) is 4.41. The summed E-state index contributed by atoms with van der Waals surface area (Å²) in [5.41, 5.74) is 1.54. The van der Waals surface area contributed by atoms with Gasteiger partial charge in [-0.3, -0.25) is 0 Å². The van der Waals surface area contributed by atoms with Crippen molar-refractivity contribution in [2.24, 2.45) is 5.14 Å². The van der Waals surface area contributed by atoms with E-state index < -0.39 is 10.0 Å². The molecular formula is C15H17NO4S. The van der Waals surface area contributed by atoms with E-state index in [1.165, 1.54) is 12.1 Å². The fraction of sp³-hybridized carbons (Fsp3) is 0.200. The molecule has 0 aromatic heterocycles. The van der Waals surface area contributed by atoms with E-state index in [4.69, 9.17) is 14.6 Å². The van der Waals surface area contributed by atoms with Gasteiger partial charge in [0.2, 0.25) is 10.0 Å². The number of primary sulfonamides is 1. The molecule has 0 fully saturated rings. The van der Waals surface area contributed by atoms with Crippen molar-refractivity contribution >= 4 is 10.0 Å². The van der Waals surface area contributed by atoms with Gasteiger partial charge >= 0.3 is 0 Å². The highest BCUT2D eigenvalue weighted by molar-refractivity contribution is 7.89. The monoisotopic (exact) mass is 307 g/mol. The van der Waals surface area contributed by atoms with Gasteiger partial charge < -0.3 is 9.47 Å². The van der Waals surface area contributed by atoms with E-state index in [-0.39, 0.29) is 4.90 Å². The van der Waals surface area contributed by atoms with Crippen molar-refractivity contribution in [1.29, 1.82) is 0 Å². The van der Waals surface area contributed by atoms with Crippen LogP contribution in [-0.2, 0) is 14.8 Å². The number of methoxy groups -OCH3 is 1. The normalized spacial score (nSPS) is 11.3. The van der Waals surface area contributed by atoms with Crippen LogP contribution >= 0.6 is 0 Å². The summed E-state index contributed by atoms with van der Waals surface area (Å²) in [5, 5.41) is 5.19. The van der Waals surface area contributed by atoms with Gasteiger partial charge in [-0.05, 0) is 23.8 Å². The molecule has 0 saturated carbocycles. The molecule has 2 N–H and O–H groups in total. The van der Waals surface area contributed by atoms with Crippen LogP contribution in [0, 0.1) is 0 Å². The highest BCUT2D eigenvalue weighted by Gasteiger charge is 2.13. The van der Waals surface area contributed by atoms with Crippen molar-refractivity contribution in [3.8, 4) is 16.9 Å². The number of rotatable bonds is 6. The molecule has 0 atom stereocenters. The summed E-state index contributed by atoms with van der Waals surface area (Å²) in [7, 11) is -2.17. The fourth-order valence-corrected chi connectivity index (χ4v) is 2.43. The van der Waals surface area contributed by atoms with Crippen LogP contribution in [0.3, 0.4) is 0 Å². The Morgan fingerprint density at radius 2 is 1.76 bits per heavy atom. The Morgan fingerprint density at radius 1 is 1.05 bits per heavy atom. The zero-order valence-corrected chi connectivity index (χ0v) is 12.5. The van der Waals surface area contributed by atoms with Crippen LogP contribution in [-0.4, -0.2) is 28.7 Å². The first kappa shape index (κ1) is 15.5. The molecule has 0 aliphatic rings. The minimum Gasteiger partial charge on any atom is -0.491 e. The minimum absolute atomic E-state index is 0.0560. The predicted molar refractivity (Wildman–Crippen MR) is 80.6 cm³/mol. The molecule has 0 bridgehead atoms. The molecule has 2 aromatic carbocycles. The Balaban J connectivity index is 2.45.